The van der Waals surface area contributed by atoms with Crippen molar-refractivity contribution in [2.24, 2.45) is 5.10 Å². The lowest BCUT2D eigenvalue weighted by Crippen LogP contribution is -2.19. The molecule has 0 unspecified atom stereocenters. The highest BCUT2D eigenvalue weighted by atomic mass is 35.5. The van der Waals surface area contributed by atoms with Crippen LogP contribution in [0.2, 0.25) is 10.0 Å². The molecule has 0 fully saturated rings. The number of aromatic nitrogens is 2. The second-order valence-electron chi connectivity index (χ2n) is 4.65. The summed E-state index contributed by atoms with van der Waals surface area (Å²) in [6, 6.07) is 7.01. The number of benzene rings is 1. The summed E-state index contributed by atoms with van der Waals surface area (Å²) in [7, 11) is 0. The van der Waals surface area contributed by atoms with Crippen LogP contribution in [0.25, 0.3) is 0 Å². The molecule has 1 aromatic heterocycles. The van der Waals surface area contributed by atoms with Gasteiger partial charge in [0.15, 0.2) is 5.16 Å². The normalized spacial score (nSPS) is 11.0. The predicted molar refractivity (Wildman–Crippen MR) is 94.4 cm³/mol. The molecule has 23 heavy (non-hydrogen) atoms. The number of amides is 1. The Hall–Kier alpha value is -1.63. The number of hydrazone groups is 1. The van der Waals surface area contributed by atoms with Gasteiger partial charge in [0.25, 0.3) is 5.91 Å². The van der Waals surface area contributed by atoms with Gasteiger partial charge in [-0.15, -0.1) is 0 Å². The average molecular weight is 369 g/mol. The maximum atomic E-state index is 11.8. The molecule has 1 heterocycles. The predicted octanol–water partition coefficient (Wildman–Crippen LogP) is 3.64. The van der Waals surface area contributed by atoms with Crippen molar-refractivity contribution >= 4 is 47.1 Å². The summed E-state index contributed by atoms with van der Waals surface area (Å²) in [6.45, 7) is 3.77. The summed E-state index contributed by atoms with van der Waals surface area (Å²) in [6.07, 6.45) is 1.42. The lowest BCUT2D eigenvalue weighted by atomic mass is 10.2. The molecule has 0 bridgehead atoms. The number of hydrogen-bond acceptors (Lipinski definition) is 5. The van der Waals surface area contributed by atoms with E-state index < -0.39 is 0 Å². The molecule has 0 aliphatic heterocycles. The van der Waals surface area contributed by atoms with Gasteiger partial charge in [-0.2, -0.15) is 5.10 Å². The average Bonchev–Trinajstić information content (AvgIpc) is 2.47. The Morgan fingerprint density at radius 2 is 1.87 bits per heavy atom. The van der Waals surface area contributed by atoms with Gasteiger partial charge >= 0.3 is 0 Å². The number of nitrogens with one attached hydrogen (secondary N) is 1. The summed E-state index contributed by atoms with van der Waals surface area (Å²) in [4.78, 5) is 20.3. The highest BCUT2D eigenvalue weighted by molar-refractivity contribution is 7.99. The van der Waals surface area contributed by atoms with E-state index in [1.807, 2.05) is 19.9 Å². The van der Waals surface area contributed by atoms with Crippen LogP contribution >= 0.6 is 35.0 Å². The molecule has 1 aromatic carbocycles. The summed E-state index contributed by atoms with van der Waals surface area (Å²) in [5.41, 5.74) is 4.71. The van der Waals surface area contributed by atoms with Crippen LogP contribution in [-0.2, 0) is 4.79 Å². The third kappa shape index (κ3) is 5.49. The van der Waals surface area contributed by atoms with Gasteiger partial charge < -0.3 is 0 Å². The maximum absolute atomic E-state index is 11.8. The highest BCUT2D eigenvalue weighted by Gasteiger charge is 2.06. The molecule has 0 radical (unpaired) electrons. The number of carbonyl (C=O) groups excluding carboxylic acids is 1. The molecule has 120 valence electrons. The lowest BCUT2D eigenvalue weighted by Gasteiger charge is -2.03. The van der Waals surface area contributed by atoms with Crippen LogP contribution in [0.1, 0.15) is 17.0 Å². The zero-order chi connectivity index (χ0) is 16.8. The molecule has 0 saturated carbocycles. The van der Waals surface area contributed by atoms with Crippen LogP contribution in [0.15, 0.2) is 34.5 Å². The maximum Gasteiger partial charge on any atom is 0.250 e. The highest BCUT2D eigenvalue weighted by Crippen LogP contribution is 2.22. The van der Waals surface area contributed by atoms with E-state index in [0.717, 1.165) is 11.4 Å². The third-order valence-electron chi connectivity index (χ3n) is 2.68. The molecular formula is C15H14Cl2N4OS. The fourth-order valence-electron chi connectivity index (χ4n) is 1.72. The van der Waals surface area contributed by atoms with Crippen molar-refractivity contribution < 1.29 is 4.79 Å². The Morgan fingerprint density at radius 1 is 1.26 bits per heavy atom. The van der Waals surface area contributed by atoms with E-state index in [1.54, 1.807) is 18.2 Å². The van der Waals surface area contributed by atoms with Gasteiger partial charge in [-0.1, -0.05) is 41.0 Å². The first-order chi connectivity index (χ1) is 11.0. The van der Waals surface area contributed by atoms with Crippen molar-refractivity contribution in [1.29, 1.82) is 0 Å². The molecule has 1 N–H and O–H groups in total. The van der Waals surface area contributed by atoms with Gasteiger partial charge in [0.05, 0.1) is 22.0 Å². The number of hydrogen-bond donors (Lipinski definition) is 1. The zero-order valence-electron chi connectivity index (χ0n) is 12.5. The Balaban J connectivity index is 1.89. The SMILES string of the molecule is Cc1cc(C)nc(SCC(=O)N/N=C/c2c(Cl)cccc2Cl)n1. The minimum atomic E-state index is -0.266. The second-order valence-corrected chi connectivity index (χ2v) is 6.41. The molecule has 5 nitrogen and oxygen atoms in total. The first kappa shape index (κ1) is 17.7. The molecule has 0 atom stereocenters. The van der Waals surface area contributed by atoms with Crippen LogP contribution in [0, 0.1) is 13.8 Å². The molecule has 2 aromatic rings. The topological polar surface area (TPSA) is 67.2 Å². The number of thioether (sulfide) groups is 1. The second kappa shape index (κ2) is 8.29. The first-order valence-corrected chi connectivity index (χ1v) is 8.41. The fraction of sp³-hybridized carbons (Fsp3) is 0.200. The quantitative estimate of drug-likeness (QED) is 0.378. The van der Waals surface area contributed by atoms with E-state index in [1.165, 1.54) is 18.0 Å². The van der Waals surface area contributed by atoms with E-state index in [2.05, 4.69) is 20.5 Å². The summed E-state index contributed by atoms with van der Waals surface area (Å²) < 4.78 is 0. The molecule has 0 saturated heterocycles. The summed E-state index contributed by atoms with van der Waals surface area (Å²) in [5, 5.41) is 5.36. The van der Waals surface area contributed by atoms with Gasteiger partial charge in [0.2, 0.25) is 0 Å². The van der Waals surface area contributed by atoms with E-state index in [9.17, 15) is 4.79 Å². The lowest BCUT2D eigenvalue weighted by molar-refractivity contribution is -0.118. The van der Waals surface area contributed by atoms with Crippen LogP contribution in [-0.4, -0.2) is 27.8 Å². The van der Waals surface area contributed by atoms with Crippen molar-refractivity contribution in [3.63, 3.8) is 0 Å². The zero-order valence-corrected chi connectivity index (χ0v) is 14.8. The smallest absolute Gasteiger partial charge is 0.250 e. The number of halogens is 2. The van der Waals surface area contributed by atoms with Gasteiger partial charge in [0, 0.05) is 17.0 Å². The third-order valence-corrected chi connectivity index (χ3v) is 4.18. The molecule has 2 rings (SSSR count). The monoisotopic (exact) mass is 368 g/mol. The van der Waals surface area contributed by atoms with Crippen molar-refractivity contribution in [3.8, 4) is 0 Å². The van der Waals surface area contributed by atoms with Crippen LogP contribution in [0.4, 0.5) is 0 Å². The molecule has 8 heteroatoms. The van der Waals surface area contributed by atoms with Crippen molar-refractivity contribution in [3.05, 3.63) is 51.3 Å². The number of aryl methyl sites for hydroxylation is 2. The fourth-order valence-corrected chi connectivity index (χ4v) is 2.96. The minimum absolute atomic E-state index is 0.163. The van der Waals surface area contributed by atoms with Gasteiger partial charge in [-0.05, 0) is 32.0 Å². The Morgan fingerprint density at radius 3 is 2.48 bits per heavy atom. The van der Waals surface area contributed by atoms with E-state index in [-0.39, 0.29) is 11.7 Å². The number of nitrogens with zero attached hydrogens (tertiary/aromatic N) is 3. The molecular weight excluding hydrogens is 355 g/mol. The van der Waals surface area contributed by atoms with E-state index in [4.69, 9.17) is 23.2 Å². The van der Waals surface area contributed by atoms with E-state index >= 15 is 0 Å². The van der Waals surface area contributed by atoms with Gasteiger partial charge in [-0.25, -0.2) is 15.4 Å². The number of carbonyl (C=O) groups is 1. The number of rotatable bonds is 5. The largest absolute Gasteiger partial charge is 0.272 e. The first-order valence-electron chi connectivity index (χ1n) is 6.66. The standard InChI is InChI=1S/C15H14Cl2N4OS/c1-9-6-10(2)20-15(19-9)23-8-14(22)21-18-7-11-12(16)4-3-5-13(11)17/h3-7H,8H2,1-2H3,(H,21,22)/b18-7+. The summed E-state index contributed by atoms with van der Waals surface area (Å²) >= 11 is 13.3. The molecule has 0 spiro atoms. The Labute approximate surface area is 148 Å². The molecule has 0 aliphatic rings. The van der Waals surface area contributed by atoms with Gasteiger partial charge in [-0.3, -0.25) is 4.79 Å². The van der Waals surface area contributed by atoms with E-state index in [0.29, 0.717) is 20.8 Å². The van der Waals surface area contributed by atoms with Crippen LogP contribution in [0.5, 0.6) is 0 Å². The summed E-state index contributed by atoms with van der Waals surface area (Å²) in [5.74, 6) is -0.103. The Bertz CT molecular complexity index is 712. The van der Waals surface area contributed by atoms with Crippen LogP contribution < -0.4 is 5.43 Å². The minimum Gasteiger partial charge on any atom is -0.272 e. The molecule has 1 amide bonds. The van der Waals surface area contributed by atoms with Crippen LogP contribution in [0.3, 0.4) is 0 Å². The van der Waals surface area contributed by atoms with Crippen molar-refractivity contribution in [1.82, 2.24) is 15.4 Å². The van der Waals surface area contributed by atoms with Gasteiger partial charge in [0.1, 0.15) is 0 Å². The Kier molecular flexibility index (Phi) is 6.38. The van der Waals surface area contributed by atoms with Crippen molar-refractivity contribution in [2.75, 3.05) is 5.75 Å². The molecule has 0 aliphatic carbocycles. The van der Waals surface area contributed by atoms with Crippen molar-refractivity contribution in [2.45, 2.75) is 19.0 Å².